The first kappa shape index (κ1) is 15.3. The van der Waals surface area contributed by atoms with E-state index >= 15 is 0 Å². The second-order valence-corrected chi connectivity index (χ2v) is 5.58. The Hall–Kier alpha value is -1.11. The number of nitrogens with zero attached hydrogens (tertiary/aromatic N) is 2. The van der Waals surface area contributed by atoms with E-state index in [4.69, 9.17) is 4.52 Å². The zero-order valence-electron chi connectivity index (χ0n) is 11.6. The van der Waals surface area contributed by atoms with Crippen LogP contribution in [-0.4, -0.2) is 48.7 Å². The SMILES string of the molecule is Cc1cc(NC(=O)CN2CCC3CNCC3C2)on1.Cl. The lowest BCUT2D eigenvalue weighted by Crippen LogP contribution is -2.43. The number of amides is 1. The minimum Gasteiger partial charge on any atom is -0.338 e. The maximum atomic E-state index is 11.9. The maximum Gasteiger partial charge on any atom is 0.240 e. The molecular formula is C13H21ClN4O2. The van der Waals surface area contributed by atoms with Crippen LogP contribution >= 0.6 is 12.4 Å². The van der Waals surface area contributed by atoms with Gasteiger partial charge in [0, 0.05) is 12.6 Å². The molecule has 3 rings (SSSR count). The van der Waals surface area contributed by atoms with Gasteiger partial charge in [-0.15, -0.1) is 12.4 Å². The van der Waals surface area contributed by atoms with Crippen LogP contribution in [0.2, 0.25) is 0 Å². The summed E-state index contributed by atoms with van der Waals surface area (Å²) >= 11 is 0. The van der Waals surface area contributed by atoms with Crippen LogP contribution in [0.15, 0.2) is 10.6 Å². The Kier molecular flexibility index (Phi) is 5.01. The first-order valence-corrected chi connectivity index (χ1v) is 6.87. The van der Waals surface area contributed by atoms with Crippen molar-refractivity contribution in [2.45, 2.75) is 13.3 Å². The molecule has 0 spiro atoms. The van der Waals surface area contributed by atoms with Gasteiger partial charge >= 0.3 is 0 Å². The molecule has 1 aromatic rings. The van der Waals surface area contributed by atoms with Crippen LogP contribution in [0.3, 0.4) is 0 Å². The number of aromatic nitrogens is 1. The molecule has 1 aromatic heterocycles. The summed E-state index contributed by atoms with van der Waals surface area (Å²) in [6, 6.07) is 1.73. The number of rotatable bonds is 3. The molecule has 7 heteroatoms. The third kappa shape index (κ3) is 3.50. The monoisotopic (exact) mass is 300 g/mol. The summed E-state index contributed by atoms with van der Waals surface area (Å²) in [5.41, 5.74) is 0.771. The van der Waals surface area contributed by atoms with Gasteiger partial charge in [-0.1, -0.05) is 5.16 Å². The van der Waals surface area contributed by atoms with Gasteiger partial charge in [-0.2, -0.15) is 0 Å². The molecule has 2 aliphatic heterocycles. The van der Waals surface area contributed by atoms with Crippen LogP contribution < -0.4 is 10.6 Å². The van der Waals surface area contributed by atoms with E-state index in [1.807, 2.05) is 6.92 Å². The Balaban J connectivity index is 0.00000147. The third-order valence-electron chi connectivity index (χ3n) is 4.05. The van der Waals surface area contributed by atoms with Crippen molar-refractivity contribution in [3.05, 3.63) is 11.8 Å². The second-order valence-electron chi connectivity index (χ2n) is 5.58. The van der Waals surface area contributed by atoms with Crippen LogP contribution in [0.4, 0.5) is 5.88 Å². The minimum absolute atomic E-state index is 0. The lowest BCUT2D eigenvalue weighted by Gasteiger charge is -2.33. The fourth-order valence-electron chi connectivity index (χ4n) is 3.06. The van der Waals surface area contributed by atoms with Crippen LogP contribution in [0.1, 0.15) is 12.1 Å². The number of halogens is 1. The Morgan fingerprint density at radius 1 is 1.55 bits per heavy atom. The van der Waals surface area contributed by atoms with E-state index in [1.165, 1.54) is 6.42 Å². The van der Waals surface area contributed by atoms with E-state index in [9.17, 15) is 4.79 Å². The Morgan fingerprint density at radius 2 is 2.35 bits per heavy atom. The number of hydrogen-bond acceptors (Lipinski definition) is 5. The number of hydrogen-bond donors (Lipinski definition) is 2. The van der Waals surface area contributed by atoms with Gasteiger partial charge in [-0.25, -0.2) is 0 Å². The van der Waals surface area contributed by atoms with Crippen molar-refractivity contribution in [2.24, 2.45) is 11.8 Å². The summed E-state index contributed by atoms with van der Waals surface area (Å²) in [5.74, 6) is 1.91. The highest BCUT2D eigenvalue weighted by molar-refractivity contribution is 5.90. The number of piperidine rings is 1. The fraction of sp³-hybridized carbons (Fsp3) is 0.692. The van der Waals surface area contributed by atoms with Crippen molar-refractivity contribution in [1.29, 1.82) is 0 Å². The zero-order valence-corrected chi connectivity index (χ0v) is 12.4. The predicted octanol–water partition coefficient (Wildman–Crippen LogP) is 0.885. The third-order valence-corrected chi connectivity index (χ3v) is 4.05. The second kappa shape index (κ2) is 6.56. The van der Waals surface area contributed by atoms with E-state index in [2.05, 4.69) is 20.7 Å². The average Bonchev–Trinajstić information content (AvgIpc) is 2.97. The topological polar surface area (TPSA) is 70.4 Å². The number of carbonyl (C=O) groups excluding carboxylic acids is 1. The molecule has 0 aromatic carbocycles. The van der Waals surface area contributed by atoms with Crippen LogP contribution in [0.5, 0.6) is 0 Å². The first-order valence-electron chi connectivity index (χ1n) is 6.87. The largest absolute Gasteiger partial charge is 0.338 e. The van der Waals surface area contributed by atoms with E-state index in [0.717, 1.165) is 37.8 Å². The Bertz CT molecular complexity index is 465. The van der Waals surface area contributed by atoms with Crippen molar-refractivity contribution in [1.82, 2.24) is 15.4 Å². The normalized spacial score (nSPS) is 25.9. The van der Waals surface area contributed by atoms with Gasteiger partial charge in [-0.05, 0) is 44.8 Å². The van der Waals surface area contributed by atoms with Gasteiger partial charge in [0.15, 0.2) is 0 Å². The molecule has 20 heavy (non-hydrogen) atoms. The molecule has 0 radical (unpaired) electrons. The number of aryl methyl sites for hydroxylation is 1. The molecule has 2 atom stereocenters. The summed E-state index contributed by atoms with van der Waals surface area (Å²) in [7, 11) is 0. The Morgan fingerprint density at radius 3 is 3.10 bits per heavy atom. The molecule has 2 fully saturated rings. The Labute approximate surface area is 124 Å². The molecule has 2 N–H and O–H groups in total. The number of carbonyl (C=O) groups is 1. The molecule has 2 unspecified atom stereocenters. The number of anilines is 1. The van der Waals surface area contributed by atoms with Gasteiger partial charge < -0.3 is 9.84 Å². The minimum atomic E-state index is -0.0273. The van der Waals surface area contributed by atoms with Crippen LogP contribution in [0, 0.1) is 18.8 Å². The summed E-state index contributed by atoms with van der Waals surface area (Å²) in [5, 5.41) is 9.92. The average molecular weight is 301 g/mol. The van der Waals surface area contributed by atoms with Crippen LogP contribution in [-0.2, 0) is 4.79 Å². The van der Waals surface area contributed by atoms with Crippen LogP contribution in [0.25, 0.3) is 0 Å². The summed E-state index contributed by atoms with van der Waals surface area (Å²) in [4.78, 5) is 14.2. The predicted molar refractivity (Wildman–Crippen MR) is 78.0 cm³/mol. The van der Waals surface area contributed by atoms with Crippen molar-refractivity contribution in [3.8, 4) is 0 Å². The quantitative estimate of drug-likeness (QED) is 0.867. The van der Waals surface area contributed by atoms with Crippen molar-refractivity contribution in [2.75, 3.05) is 38.0 Å². The van der Waals surface area contributed by atoms with Crippen molar-refractivity contribution in [3.63, 3.8) is 0 Å². The molecule has 2 aliphatic rings. The van der Waals surface area contributed by atoms with Gasteiger partial charge in [0.25, 0.3) is 0 Å². The fourth-order valence-corrected chi connectivity index (χ4v) is 3.06. The summed E-state index contributed by atoms with van der Waals surface area (Å²) in [6.07, 6.45) is 1.19. The number of likely N-dealkylation sites (tertiary alicyclic amines) is 1. The van der Waals surface area contributed by atoms with Crippen molar-refractivity contribution >= 4 is 24.2 Å². The van der Waals surface area contributed by atoms with E-state index in [0.29, 0.717) is 18.3 Å². The number of nitrogens with one attached hydrogen (secondary N) is 2. The van der Waals surface area contributed by atoms with E-state index in [-0.39, 0.29) is 18.3 Å². The molecule has 2 saturated heterocycles. The molecule has 0 saturated carbocycles. The lowest BCUT2D eigenvalue weighted by molar-refractivity contribution is -0.118. The van der Waals surface area contributed by atoms with Gasteiger partial charge in [-0.3, -0.25) is 15.0 Å². The van der Waals surface area contributed by atoms with Gasteiger partial charge in [0.1, 0.15) is 0 Å². The maximum absolute atomic E-state index is 11.9. The lowest BCUT2D eigenvalue weighted by atomic mass is 9.89. The molecule has 0 aliphatic carbocycles. The highest BCUT2D eigenvalue weighted by Gasteiger charge is 2.33. The van der Waals surface area contributed by atoms with Crippen molar-refractivity contribution < 1.29 is 9.32 Å². The van der Waals surface area contributed by atoms with E-state index < -0.39 is 0 Å². The first-order chi connectivity index (χ1) is 9.20. The standard InChI is InChI=1S/C13H20N4O2.ClH/c1-9-4-13(19-16-9)15-12(18)8-17-3-2-10-5-14-6-11(10)7-17;/h4,10-11,14H,2-3,5-8H2,1H3,(H,15,18);1H. The molecular weight excluding hydrogens is 280 g/mol. The number of fused-ring (bicyclic) bond motifs is 1. The summed E-state index contributed by atoms with van der Waals surface area (Å²) in [6.45, 7) is 6.51. The summed E-state index contributed by atoms with van der Waals surface area (Å²) < 4.78 is 4.98. The smallest absolute Gasteiger partial charge is 0.240 e. The molecule has 0 bridgehead atoms. The molecule has 112 valence electrons. The van der Waals surface area contributed by atoms with Gasteiger partial charge in [0.05, 0.1) is 12.2 Å². The highest BCUT2D eigenvalue weighted by atomic mass is 35.5. The molecule has 6 nitrogen and oxygen atoms in total. The van der Waals surface area contributed by atoms with Gasteiger partial charge in [0.2, 0.25) is 11.8 Å². The molecule has 3 heterocycles. The van der Waals surface area contributed by atoms with E-state index in [1.54, 1.807) is 6.07 Å². The zero-order chi connectivity index (χ0) is 13.2. The highest BCUT2D eigenvalue weighted by Crippen LogP contribution is 2.26. The molecule has 1 amide bonds.